The lowest BCUT2D eigenvalue weighted by Crippen LogP contribution is -2.06. The quantitative estimate of drug-likeness (QED) is 0.514. The van der Waals surface area contributed by atoms with Crippen LogP contribution in [0.15, 0.2) is 63.8 Å². The lowest BCUT2D eigenvalue weighted by Gasteiger charge is -2.08. The Hall–Kier alpha value is -2.59. The molecule has 0 atom stereocenters. The average Bonchev–Trinajstić information content (AvgIpc) is 2.55. The Balaban J connectivity index is 1.54. The van der Waals surface area contributed by atoms with Crippen LogP contribution in [0, 0.1) is 6.92 Å². The molecule has 0 unspecified atom stereocenters. The molecule has 0 radical (unpaired) electrons. The standard InChI is InChI=1S/C19H18O4/c1-14-11-19(20)23-18-12-16(7-8-17(14)18)22-10-9-21-13-15-5-3-2-4-6-15/h2-8,11-12H,9-10,13H2,1H3. The van der Waals surface area contributed by atoms with Crippen molar-refractivity contribution in [1.29, 1.82) is 0 Å². The van der Waals surface area contributed by atoms with Crippen molar-refractivity contribution in [3.8, 4) is 5.75 Å². The molecule has 0 fully saturated rings. The second-order valence-corrected chi connectivity index (χ2v) is 5.29. The number of ether oxygens (including phenoxy) is 2. The van der Waals surface area contributed by atoms with Gasteiger partial charge in [-0.15, -0.1) is 0 Å². The Kier molecular flexibility index (Phi) is 4.74. The topological polar surface area (TPSA) is 48.7 Å². The van der Waals surface area contributed by atoms with Crippen LogP contribution >= 0.6 is 0 Å². The van der Waals surface area contributed by atoms with Crippen LogP contribution in [-0.4, -0.2) is 13.2 Å². The molecular weight excluding hydrogens is 292 g/mol. The highest BCUT2D eigenvalue weighted by Gasteiger charge is 2.04. The largest absolute Gasteiger partial charge is 0.491 e. The summed E-state index contributed by atoms with van der Waals surface area (Å²) in [5, 5.41) is 0.914. The third-order valence-electron chi connectivity index (χ3n) is 3.53. The van der Waals surface area contributed by atoms with E-state index in [-0.39, 0.29) is 5.63 Å². The smallest absolute Gasteiger partial charge is 0.336 e. The third-order valence-corrected chi connectivity index (χ3v) is 3.53. The first kappa shape index (κ1) is 15.3. The minimum Gasteiger partial charge on any atom is -0.491 e. The Morgan fingerprint density at radius 3 is 2.65 bits per heavy atom. The first-order valence-electron chi connectivity index (χ1n) is 7.51. The zero-order chi connectivity index (χ0) is 16.1. The molecule has 118 valence electrons. The van der Waals surface area contributed by atoms with E-state index in [1.165, 1.54) is 6.07 Å². The predicted molar refractivity (Wildman–Crippen MR) is 88.8 cm³/mol. The van der Waals surface area contributed by atoms with E-state index < -0.39 is 0 Å². The van der Waals surface area contributed by atoms with Gasteiger partial charge >= 0.3 is 5.63 Å². The summed E-state index contributed by atoms with van der Waals surface area (Å²) in [4.78, 5) is 11.4. The minimum absolute atomic E-state index is 0.349. The summed E-state index contributed by atoms with van der Waals surface area (Å²) in [6, 6.07) is 17.0. The monoisotopic (exact) mass is 310 g/mol. The van der Waals surface area contributed by atoms with Gasteiger partial charge in [0.05, 0.1) is 13.2 Å². The Morgan fingerprint density at radius 2 is 1.83 bits per heavy atom. The van der Waals surface area contributed by atoms with Gasteiger partial charge in [0.15, 0.2) is 0 Å². The number of hydrogen-bond donors (Lipinski definition) is 0. The van der Waals surface area contributed by atoms with E-state index >= 15 is 0 Å². The van der Waals surface area contributed by atoms with E-state index in [0.29, 0.717) is 31.2 Å². The van der Waals surface area contributed by atoms with Crippen LogP contribution in [-0.2, 0) is 11.3 Å². The lowest BCUT2D eigenvalue weighted by atomic mass is 10.1. The molecule has 0 aliphatic heterocycles. The van der Waals surface area contributed by atoms with Gasteiger partial charge < -0.3 is 13.9 Å². The fourth-order valence-corrected chi connectivity index (χ4v) is 2.38. The van der Waals surface area contributed by atoms with E-state index in [9.17, 15) is 4.79 Å². The van der Waals surface area contributed by atoms with Crippen molar-refractivity contribution in [3.05, 3.63) is 76.1 Å². The molecular formula is C19H18O4. The number of fused-ring (bicyclic) bond motifs is 1. The van der Waals surface area contributed by atoms with E-state index in [1.54, 1.807) is 6.07 Å². The minimum atomic E-state index is -0.349. The van der Waals surface area contributed by atoms with Crippen molar-refractivity contribution in [2.24, 2.45) is 0 Å². The molecule has 0 saturated carbocycles. The van der Waals surface area contributed by atoms with E-state index in [1.807, 2.05) is 49.4 Å². The molecule has 1 aromatic heterocycles. The highest BCUT2D eigenvalue weighted by atomic mass is 16.5. The normalized spacial score (nSPS) is 10.8. The van der Waals surface area contributed by atoms with Crippen LogP contribution in [0.5, 0.6) is 5.75 Å². The molecule has 0 aliphatic carbocycles. The van der Waals surface area contributed by atoms with Gasteiger partial charge in [-0.25, -0.2) is 4.79 Å². The molecule has 3 rings (SSSR count). The van der Waals surface area contributed by atoms with Gasteiger partial charge in [-0.3, -0.25) is 0 Å². The highest BCUT2D eigenvalue weighted by molar-refractivity contribution is 5.81. The number of benzene rings is 2. The van der Waals surface area contributed by atoms with Gasteiger partial charge in [-0.2, -0.15) is 0 Å². The number of hydrogen-bond acceptors (Lipinski definition) is 4. The zero-order valence-corrected chi connectivity index (χ0v) is 13.0. The summed E-state index contributed by atoms with van der Waals surface area (Å²) in [7, 11) is 0. The fraction of sp³-hybridized carbons (Fsp3) is 0.211. The highest BCUT2D eigenvalue weighted by Crippen LogP contribution is 2.22. The predicted octanol–water partition coefficient (Wildman–Crippen LogP) is 3.70. The number of rotatable bonds is 6. The van der Waals surface area contributed by atoms with Crippen LogP contribution in [0.25, 0.3) is 11.0 Å². The van der Waals surface area contributed by atoms with Crippen LogP contribution in [0.4, 0.5) is 0 Å². The molecule has 4 nitrogen and oxygen atoms in total. The Bertz CT molecular complexity index is 837. The van der Waals surface area contributed by atoms with Gasteiger partial charge in [0.2, 0.25) is 0 Å². The van der Waals surface area contributed by atoms with Crippen LogP contribution < -0.4 is 10.4 Å². The van der Waals surface area contributed by atoms with E-state index in [2.05, 4.69) is 0 Å². The van der Waals surface area contributed by atoms with Crippen molar-refractivity contribution >= 4 is 11.0 Å². The van der Waals surface area contributed by atoms with Crippen molar-refractivity contribution in [1.82, 2.24) is 0 Å². The van der Waals surface area contributed by atoms with E-state index in [4.69, 9.17) is 13.9 Å². The summed E-state index contributed by atoms with van der Waals surface area (Å²) in [5.41, 5.74) is 2.22. The van der Waals surface area contributed by atoms with Gasteiger partial charge in [-0.1, -0.05) is 30.3 Å². The zero-order valence-electron chi connectivity index (χ0n) is 13.0. The first-order valence-corrected chi connectivity index (χ1v) is 7.51. The lowest BCUT2D eigenvalue weighted by molar-refractivity contribution is 0.0889. The van der Waals surface area contributed by atoms with Crippen molar-refractivity contribution in [2.75, 3.05) is 13.2 Å². The van der Waals surface area contributed by atoms with Gasteiger partial charge in [0, 0.05) is 17.5 Å². The molecule has 4 heteroatoms. The van der Waals surface area contributed by atoms with Crippen molar-refractivity contribution in [3.63, 3.8) is 0 Å². The van der Waals surface area contributed by atoms with Crippen LogP contribution in [0.3, 0.4) is 0 Å². The number of aryl methyl sites for hydroxylation is 1. The van der Waals surface area contributed by atoms with Gasteiger partial charge in [0.1, 0.15) is 17.9 Å². The Morgan fingerprint density at radius 1 is 1.00 bits per heavy atom. The van der Waals surface area contributed by atoms with Gasteiger partial charge in [-0.05, 0) is 30.2 Å². The summed E-state index contributed by atoms with van der Waals surface area (Å²) in [6.07, 6.45) is 0. The summed E-state index contributed by atoms with van der Waals surface area (Å²) < 4.78 is 16.4. The second-order valence-electron chi connectivity index (χ2n) is 5.29. The summed E-state index contributed by atoms with van der Waals surface area (Å²) >= 11 is 0. The van der Waals surface area contributed by atoms with Crippen molar-refractivity contribution < 1.29 is 13.9 Å². The second kappa shape index (κ2) is 7.11. The SMILES string of the molecule is Cc1cc(=O)oc2cc(OCCOCc3ccccc3)ccc12. The molecule has 0 saturated heterocycles. The molecule has 0 amide bonds. The third kappa shape index (κ3) is 3.99. The first-order chi connectivity index (χ1) is 11.2. The summed E-state index contributed by atoms with van der Waals surface area (Å²) in [6.45, 7) is 3.38. The van der Waals surface area contributed by atoms with Gasteiger partial charge in [0.25, 0.3) is 0 Å². The molecule has 2 aromatic carbocycles. The molecule has 0 aliphatic rings. The molecule has 3 aromatic rings. The maximum atomic E-state index is 11.4. The molecule has 1 heterocycles. The molecule has 0 spiro atoms. The van der Waals surface area contributed by atoms with Crippen molar-refractivity contribution in [2.45, 2.75) is 13.5 Å². The molecule has 23 heavy (non-hydrogen) atoms. The molecule has 0 N–H and O–H groups in total. The summed E-state index contributed by atoms with van der Waals surface area (Å²) in [5.74, 6) is 0.662. The average molecular weight is 310 g/mol. The maximum absolute atomic E-state index is 11.4. The van der Waals surface area contributed by atoms with Crippen LogP contribution in [0.2, 0.25) is 0 Å². The maximum Gasteiger partial charge on any atom is 0.336 e. The fourth-order valence-electron chi connectivity index (χ4n) is 2.38. The molecule has 0 bridgehead atoms. The Labute approximate surface area is 134 Å². The van der Waals surface area contributed by atoms with E-state index in [0.717, 1.165) is 16.5 Å². The van der Waals surface area contributed by atoms with Crippen LogP contribution in [0.1, 0.15) is 11.1 Å².